The molecule has 2 rings (SSSR count). The van der Waals surface area contributed by atoms with Crippen LogP contribution in [0, 0.1) is 5.41 Å². The van der Waals surface area contributed by atoms with E-state index in [0.717, 1.165) is 24.3 Å². The van der Waals surface area contributed by atoms with E-state index in [0.29, 0.717) is 5.56 Å². The lowest BCUT2D eigenvalue weighted by Crippen LogP contribution is -2.38. The summed E-state index contributed by atoms with van der Waals surface area (Å²) in [6, 6.07) is 9.31. The minimum atomic E-state index is -4.52. The molecule has 2 aromatic rings. The summed E-state index contributed by atoms with van der Waals surface area (Å²) in [5, 5.41) is 9.26. The molecule has 0 saturated carbocycles. The predicted molar refractivity (Wildman–Crippen MR) is 145 cm³/mol. The van der Waals surface area contributed by atoms with Crippen molar-refractivity contribution in [2.24, 2.45) is 10.7 Å². The number of hydrogen-bond donors (Lipinski definition) is 3. The molecule has 0 spiro atoms. The van der Waals surface area contributed by atoms with Gasteiger partial charge in [-0.05, 0) is 64.8 Å². The Labute approximate surface area is 239 Å². The van der Waals surface area contributed by atoms with E-state index in [4.69, 9.17) is 20.6 Å². The Bertz CT molecular complexity index is 1280. The zero-order valence-corrected chi connectivity index (χ0v) is 24.0. The number of carbonyl (C=O) groups is 2. The molecule has 42 heavy (non-hydrogen) atoms. The summed E-state index contributed by atoms with van der Waals surface area (Å²) in [5.41, 5.74) is 2.49. The maximum absolute atomic E-state index is 12.9. The van der Waals surface area contributed by atoms with E-state index < -0.39 is 46.9 Å². The van der Waals surface area contributed by atoms with Gasteiger partial charge in [-0.25, -0.2) is 9.59 Å². The monoisotopic (exact) mass is 604 g/mol. The van der Waals surface area contributed by atoms with Gasteiger partial charge >= 0.3 is 24.5 Å². The summed E-state index contributed by atoms with van der Waals surface area (Å²) in [5.74, 6) is -0.341. The number of amides is 2. The summed E-state index contributed by atoms with van der Waals surface area (Å²) in [4.78, 5) is 27.7. The number of nitrogens with one attached hydrogen (secondary N) is 2. The molecule has 0 aromatic heterocycles. The number of carbonyl (C=O) groups excluding carboxylic acids is 2. The van der Waals surface area contributed by atoms with Gasteiger partial charge < -0.3 is 15.2 Å². The van der Waals surface area contributed by atoms with Gasteiger partial charge in [0.15, 0.2) is 0 Å². The van der Waals surface area contributed by atoms with Crippen molar-refractivity contribution >= 4 is 23.9 Å². The van der Waals surface area contributed by atoms with Crippen LogP contribution >= 0.6 is 0 Å². The number of nitrogens with two attached hydrogens (primary N) is 1. The van der Waals surface area contributed by atoms with Crippen LogP contribution in [0.2, 0.25) is 0 Å². The molecule has 232 valence electrons. The first-order valence-electron chi connectivity index (χ1n) is 12.4. The Hall–Kier alpha value is -4.10. The number of rotatable bonds is 4. The maximum atomic E-state index is 12.9. The first-order chi connectivity index (χ1) is 18.9. The van der Waals surface area contributed by atoms with Gasteiger partial charge in [-0.2, -0.15) is 31.3 Å². The molecule has 0 atom stereocenters. The van der Waals surface area contributed by atoms with E-state index in [1.54, 1.807) is 41.5 Å². The molecular weight excluding hydrogens is 570 g/mol. The van der Waals surface area contributed by atoms with Gasteiger partial charge in [-0.3, -0.25) is 10.7 Å². The van der Waals surface area contributed by atoms with Crippen molar-refractivity contribution in [2.75, 3.05) is 0 Å². The fourth-order valence-electron chi connectivity index (χ4n) is 3.06. The number of hydrogen-bond acceptors (Lipinski definition) is 5. The largest absolute Gasteiger partial charge is 0.444 e. The van der Waals surface area contributed by atoms with Crippen LogP contribution in [0.1, 0.15) is 63.8 Å². The van der Waals surface area contributed by atoms with E-state index in [1.807, 2.05) is 0 Å². The molecule has 0 heterocycles. The fraction of sp³-hybridized carbons (Fsp3) is 0.429. The first-order valence-corrected chi connectivity index (χ1v) is 12.4. The molecule has 0 radical (unpaired) electrons. The molecular formula is C28H34F6N4O4. The smallest absolute Gasteiger partial charge is 0.435 e. The zero-order valence-electron chi connectivity index (χ0n) is 24.0. The number of nitrogens with zero attached hydrogens (tertiary/aromatic N) is 1. The second kappa shape index (κ2) is 14.2. The van der Waals surface area contributed by atoms with Gasteiger partial charge in [-0.1, -0.05) is 36.4 Å². The van der Waals surface area contributed by atoms with Gasteiger partial charge in [0, 0.05) is 12.8 Å². The van der Waals surface area contributed by atoms with Crippen molar-refractivity contribution in [1.82, 2.24) is 5.32 Å². The highest BCUT2D eigenvalue weighted by molar-refractivity contribution is 6.01. The molecule has 8 nitrogen and oxygen atoms in total. The minimum Gasteiger partial charge on any atom is -0.444 e. The molecule has 2 aromatic carbocycles. The van der Waals surface area contributed by atoms with Crippen molar-refractivity contribution in [3.63, 3.8) is 0 Å². The second-order valence-electron chi connectivity index (χ2n) is 10.9. The number of amidine groups is 2. The van der Waals surface area contributed by atoms with Crippen LogP contribution in [-0.4, -0.2) is 35.1 Å². The minimum absolute atomic E-state index is 0.0456. The average molecular weight is 605 g/mol. The lowest BCUT2D eigenvalue weighted by molar-refractivity contribution is -0.138. The summed E-state index contributed by atoms with van der Waals surface area (Å²) in [6.45, 7) is 9.83. The van der Waals surface area contributed by atoms with Crippen LogP contribution in [0.3, 0.4) is 0 Å². The SMILES string of the molecule is CC(C)(C)OC(=O)N=C(Cc1cccc(C(F)(F)F)c1)NC(=O)OC(C)(C)C.N=C(N)Cc1cccc(C(F)(F)F)c1. The zero-order chi connectivity index (χ0) is 32.5. The van der Waals surface area contributed by atoms with E-state index in [-0.39, 0.29) is 30.1 Å². The number of alkyl halides is 6. The van der Waals surface area contributed by atoms with E-state index in [1.165, 1.54) is 24.3 Å². The highest BCUT2D eigenvalue weighted by atomic mass is 19.4. The Morgan fingerprint density at radius 1 is 0.786 bits per heavy atom. The van der Waals surface area contributed by atoms with Crippen LogP contribution in [0.5, 0.6) is 0 Å². The van der Waals surface area contributed by atoms with Crippen molar-refractivity contribution in [3.8, 4) is 0 Å². The fourth-order valence-corrected chi connectivity index (χ4v) is 3.06. The molecule has 0 saturated heterocycles. The molecule has 0 bridgehead atoms. The van der Waals surface area contributed by atoms with Crippen molar-refractivity contribution in [2.45, 2.75) is 77.9 Å². The normalized spacial score (nSPS) is 12.5. The molecule has 0 aliphatic rings. The van der Waals surface area contributed by atoms with Crippen LogP contribution < -0.4 is 11.1 Å². The number of aliphatic imine (C=N–C) groups is 1. The van der Waals surface area contributed by atoms with Gasteiger partial charge in [0.1, 0.15) is 17.0 Å². The molecule has 2 amide bonds. The highest BCUT2D eigenvalue weighted by Crippen LogP contribution is 2.30. The van der Waals surface area contributed by atoms with E-state index >= 15 is 0 Å². The molecule has 0 aliphatic carbocycles. The third kappa shape index (κ3) is 15.1. The lowest BCUT2D eigenvalue weighted by Gasteiger charge is -2.21. The number of halogens is 6. The quantitative estimate of drug-likeness (QED) is 0.192. The predicted octanol–water partition coefficient (Wildman–Crippen LogP) is 7.29. The third-order valence-electron chi connectivity index (χ3n) is 4.54. The number of ether oxygens (including phenoxy) is 2. The van der Waals surface area contributed by atoms with Crippen LogP contribution in [0.4, 0.5) is 35.9 Å². The van der Waals surface area contributed by atoms with Crippen LogP contribution in [-0.2, 0) is 34.7 Å². The maximum Gasteiger partial charge on any atom is 0.435 e. The molecule has 0 unspecified atom stereocenters. The van der Waals surface area contributed by atoms with Gasteiger partial charge in [0.05, 0.1) is 17.0 Å². The standard InChI is InChI=1S/C19H25F3N2O4.C9H9F3N2/c1-17(2,3)27-15(25)23-14(24-16(26)28-18(4,5)6)11-12-8-7-9-13(10-12)19(20,21)22;10-9(11,12)7-3-1-2-6(4-7)5-8(13)14/h7-10H,11H2,1-6H3,(H,23,24,25,26);1-4H,5H2,(H3,13,14). The summed E-state index contributed by atoms with van der Waals surface area (Å²) in [6.07, 6.45) is -10.9. The van der Waals surface area contributed by atoms with Gasteiger partial charge in [-0.15, -0.1) is 0 Å². The topological polar surface area (TPSA) is 127 Å². The van der Waals surface area contributed by atoms with Crippen LogP contribution in [0.15, 0.2) is 53.5 Å². The average Bonchev–Trinajstić information content (AvgIpc) is 2.75. The lowest BCUT2D eigenvalue weighted by atomic mass is 10.1. The molecule has 14 heteroatoms. The van der Waals surface area contributed by atoms with Crippen LogP contribution in [0.25, 0.3) is 0 Å². The molecule has 0 fully saturated rings. The second-order valence-corrected chi connectivity index (χ2v) is 10.9. The molecule has 4 N–H and O–H groups in total. The Morgan fingerprint density at radius 3 is 1.60 bits per heavy atom. The summed E-state index contributed by atoms with van der Waals surface area (Å²) < 4.78 is 85.5. The van der Waals surface area contributed by atoms with E-state index in [9.17, 15) is 35.9 Å². The Kier molecular flexibility index (Phi) is 12.1. The van der Waals surface area contributed by atoms with Crippen molar-refractivity contribution in [1.29, 1.82) is 5.41 Å². The Morgan fingerprint density at radius 2 is 1.21 bits per heavy atom. The number of benzene rings is 2. The molecule has 0 aliphatic heterocycles. The summed E-state index contributed by atoms with van der Waals surface area (Å²) in [7, 11) is 0. The highest BCUT2D eigenvalue weighted by Gasteiger charge is 2.31. The third-order valence-corrected chi connectivity index (χ3v) is 4.54. The van der Waals surface area contributed by atoms with Crippen molar-refractivity contribution < 1.29 is 45.4 Å². The summed E-state index contributed by atoms with van der Waals surface area (Å²) >= 11 is 0. The van der Waals surface area contributed by atoms with Gasteiger partial charge in [0.25, 0.3) is 0 Å². The van der Waals surface area contributed by atoms with E-state index in [2.05, 4.69) is 10.3 Å². The van der Waals surface area contributed by atoms with Crippen molar-refractivity contribution in [3.05, 3.63) is 70.8 Å². The first kappa shape index (κ1) is 35.9. The Balaban J connectivity index is 0.000000525. The van der Waals surface area contributed by atoms with Gasteiger partial charge in [0.2, 0.25) is 0 Å². The number of alkyl carbamates (subject to hydrolysis) is 1.